The van der Waals surface area contributed by atoms with E-state index in [0.29, 0.717) is 0 Å². The normalized spacial score (nSPS) is 10.5. The summed E-state index contributed by atoms with van der Waals surface area (Å²) in [5, 5.41) is 25.9. The van der Waals surface area contributed by atoms with Gasteiger partial charge >= 0.3 is 19.5 Å². The monoisotopic (exact) mass is 916 g/mol. The Kier molecular flexibility index (Phi) is 18.2. The molecule has 0 bridgehead atoms. The van der Waals surface area contributed by atoms with Crippen LogP contribution in [-0.4, -0.2) is 26.2 Å². The third-order valence-electron chi connectivity index (χ3n) is 9.32. The summed E-state index contributed by atoms with van der Waals surface area (Å²) >= 11 is 0. The second-order valence-corrected chi connectivity index (χ2v) is 19.9. The summed E-state index contributed by atoms with van der Waals surface area (Å²) in [6, 6.07) is 41.5. The summed E-state index contributed by atoms with van der Waals surface area (Å²) in [7, 11) is 0.567. The van der Waals surface area contributed by atoms with E-state index in [2.05, 4.69) is 165 Å². The second kappa shape index (κ2) is 22.1. The summed E-state index contributed by atoms with van der Waals surface area (Å²) in [4.78, 5) is 17.8. The number of hydrogen-bond acceptors (Lipinski definition) is 6. The number of ether oxygens (including phenoxy) is 2. The van der Waals surface area contributed by atoms with Gasteiger partial charge in [-0.15, -0.1) is 0 Å². The predicted octanol–water partition coefficient (Wildman–Crippen LogP) is 6.33. The zero-order valence-electron chi connectivity index (χ0n) is 36.2. The van der Waals surface area contributed by atoms with Crippen molar-refractivity contribution < 1.29 is 48.8 Å². The number of carbonyl (C=O) groups is 2. The van der Waals surface area contributed by atoms with E-state index in [1.165, 1.54) is 76.3 Å². The molecule has 0 aliphatic rings. The molecule has 0 atom stereocenters. The molecule has 59 heavy (non-hydrogen) atoms. The largest absolute Gasteiger partial charge is 2.00 e. The molecule has 0 heterocycles. The van der Waals surface area contributed by atoms with E-state index in [-0.39, 0.29) is 19.5 Å². The van der Waals surface area contributed by atoms with Crippen molar-refractivity contribution in [3.63, 3.8) is 0 Å². The van der Waals surface area contributed by atoms with Crippen molar-refractivity contribution in [3.8, 4) is 22.6 Å². The fraction of sp³-hybridized carbons (Fsp3) is 0.240. The number of hydrogen-bond donors (Lipinski definition) is 0. The van der Waals surface area contributed by atoms with Gasteiger partial charge in [0.1, 0.15) is 43.3 Å². The van der Waals surface area contributed by atoms with Gasteiger partial charge in [0, 0.05) is 11.9 Å². The first-order valence-corrected chi connectivity index (χ1v) is 22.2. The van der Waals surface area contributed by atoms with Crippen LogP contribution in [0.25, 0.3) is 11.1 Å². The summed E-state index contributed by atoms with van der Waals surface area (Å²) in [5.41, 5.74) is 12.5. The van der Waals surface area contributed by atoms with E-state index in [4.69, 9.17) is 29.3 Å². The zero-order chi connectivity index (χ0) is 42.8. The molecule has 0 unspecified atom stereocenters. The molecule has 0 saturated heterocycles. The first kappa shape index (κ1) is 48.7. The number of carboxylic acids is 2. The first-order chi connectivity index (χ1) is 27.4. The van der Waals surface area contributed by atoms with Crippen LogP contribution >= 0.6 is 15.8 Å². The molecule has 0 spiro atoms. The van der Waals surface area contributed by atoms with Crippen LogP contribution in [0.5, 0.6) is 11.5 Å². The average molecular weight is 916 g/mol. The zero-order valence-corrected chi connectivity index (χ0v) is 39.9. The quantitative estimate of drug-likeness (QED) is 0.124. The van der Waals surface area contributed by atoms with Gasteiger partial charge in [-0.25, -0.2) is 0 Å². The Labute approximate surface area is 366 Å². The fourth-order valence-electron chi connectivity index (χ4n) is 7.77. The third-order valence-corrected chi connectivity index (χ3v) is 14.7. The van der Waals surface area contributed by atoms with Crippen LogP contribution in [0.3, 0.4) is 0 Å². The van der Waals surface area contributed by atoms with E-state index in [1.807, 2.05) is 0 Å². The maximum atomic E-state index is 8.89. The van der Waals surface area contributed by atoms with Crippen molar-refractivity contribution in [2.75, 3.05) is 14.2 Å². The van der Waals surface area contributed by atoms with Gasteiger partial charge in [-0.2, -0.15) is 0 Å². The van der Waals surface area contributed by atoms with E-state index in [0.717, 1.165) is 36.5 Å². The van der Waals surface area contributed by atoms with E-state index in [1.54, 1.807) is 14.2 Å². The van der Waals surface area contributed by atoms with Crippen molar-refractivity contribution in [1.82, 2.24) is 0 Å². The van der Waals surface area contributed by atoms with Gasteiger partial charge in [0.05, 0.1) is 41.2 Å². The molecule has 0 fully saturated rings. The fourth-order valence-corrected chi connectivity index (χ4v) is 14.2. The van der Waals surface area contributed by atoms with Crippen molar-refractivity contribution in [1.29, 1.82) is 0 Å². The van der Waals surface area contributed by atoms with Crippen molar-refractivity contribution in [2.45, 2.75) is 69.2 Å². The average Bonchev–Trinajstić information content (AvgIpc) is 3.10. The number of carboxylic acid groups (broad SMARTS) is 2. The Hall–Kier alpha value is -4.66. The Morgan fingerprint density at radius 1 is 0.424 bits per heavy atom. The third kappa shape index (κ3) is 13.2. The number of methoxy groups -OCH3 is 2. The molecule has 0 radical (unpaired) electrons. The van der Waals surface area contributed by atoms with Crippen molar-refractivity contribution >= 4 is 59.6 Å². The topological polar surface area (TPSA) is 98.7 Å². The molecule has 9 heteroatoms. The van der Waals surface area contributed by atoms with Gasteiger partial charge in [-0.05, 0) is 187 Å². The van der Waals surface area contributed by atoms with E-state index >= 15 is 0 Å². The minimum absolute atomic E-state index is 0. The molecule has 6 rings (SSSR count). The number of carbonyl (C=O) groups excluding carboxylic acids is 2. The summed E-state index contributed by atoms with van der Waals surface area (Å²) < 4.78 is 12.7. The Balaban J connectivity index is 0.000000949. The van der Waals surface area contributed by atoms with Gasteiger partial charge in [0.2, 0.25) is 0 Å². The minimum atomic E-state index is -1.52. The van der Waals surface area contributed by atoms with Gasteiger partial charge in [-0.3, -0.25) is 0 Å². The van der Waals surface area contributed by atoms with Crippen LogP contribution in [0, 0.1) is 55.4 Å². The molecule has 0 amide bonds. The number of aryl methyl sites for hydroxylation is 8. The van der Waals surface area contributed by atoms with Crippen LogP contribution in [0.2, 0.25) is 0 Å². The molecule has 6 aromatic rings. The minimum Gasteiger partial charge on any atom is -0.550 e. The Morgan fingerprint density at radius 2 is 0.627 bits per heavy atom. The van der Waals surface area contributed by atoms with Crippen LogP contribution in [0.4, 0.5) is 0 Å². The van der Waals surface area contributed by atoms with Crippen LogP contribution in [0.1, 0.15) is 58.4 Å². The summed E-state index contributed by atoms with van der Waals surface area (Å²) in [5.74, 6) is -0.432. The molecule has 0 saturated carbocycles. The molecule has 0 aliphatic heterocycles. The Bertz CT molecular complexity index is 2060. The van der Waals surface area contributed by atoms with Crippen LogP contribution in [0.15, 0.2) is 109 Å². The first-order valence-electron chi connectivity index (χ1n) is 19.2. The molecule has 6 aromatic carbocycles. The maximum absolute atomic E-state index is 8.89. The SMILES string of the molecule is CC(=O)[O-].CC(=O)[O-].COc1cccc([PH+](c2cc(C)cc(C)c2)c2cc(C)cc(C)c2)c1-c1c(OC)cccc1[PH+](c1cc(C)cc(C)c1)c1cc(C)cc(C)c1.[Ru+2]. The number of benzene rings is 6. The standard InChI is InChI=1S/C46H48O2P2.2C2H4O2.Ru/c1-29-17-30(2)22-37(21-29)49(38-23-31(3)18-32(4)24-38)43-15-11-13-41(47-9)45(43)46-42(48-10)14-12-16-44(46)50(39-25-33(5)19-34(6)26-39)40-27-35(7)20-36(8)28-40;2*1-2(3)4;/h11-28H,1-10H3;2*1H3,(H,3,4);/q;;;+2. The smallest absolute Gasteiger partial charge is 0.550 e. The van der Waals surface area contributed by atoms with Gasteiger partial charge in [-0.1, -0.05) is 36.4 Å². The Morgan fingerprint density at radius 3 is 0.814 bits per heavy atom. The molecular formula is C50H56O6P2Ru+2. The molecule has 0 N–H and O–H groups in total. The van der Waals surface area contributed by atoms with Gasteiger partial charge < -0.3 is 29.3 Å². The van der Waals surface area contributed by atoms with Crippen LogP contribution < -0.4 is 51.5 Å². The van der Waals surface area contributed by atoms with E-state index in [9.17, 15) is 0 Å². The molecule has 6 nitrogen and oxygen atoms in total. The summed E-state index contributed by atoms with van der Waals surface area (Å²) in [6.45, 7) is 19.6. The number of aliphatic carboxylic acids is 2. The predicted molar refractivity (Wildman–Crippen MR) is 244 cm³/mol. The van der Waals surface area contributed by atoms with Gasteiger partial charge in [0.25, 0.3) is 0 Å². The van der Waals surface area contributed by atoms with Gasteiger partial charge in [0.15, 0.2) is 0 Å². The maximum Gasteiger partial charge on any atom is 2.00 e. The number of rotatable bonds is 9. The molecule has 0 aliphatic carbocycles. The summed E-state index contributed by atoms with van der Waals surface area (Å²) in [6.07, 6.45) is 0. The van der Waals surface area contributed by atoms with Crippen molar-refractivity contribution in [2.24, 2.45) is 0 Å². The molecule has 308 valence electrons. The molecule has 0 aromatic heterocycles. The molecular weight excluding hydrogens is 860 g/mol. The van der Waals surface area contributed by atoms with Crippen LogP contribution in [-0.2, 0) is 29.1 Å². The van der Waals surface area contributed by atoms with E-state index < -0.39 is 27.8 Å². The second-order valence-electron chi connectivity index (χ2n) is 15.0. The van der Waals surface area contributed by atoms with Crippen molar-refractivity contribution in [3.05, 3.63) is 154 Å².